The minimum Gasteiger partial charge on any atom is -0.504 e. The topological polar surface area (TPSA) is 86.7 Å². The van der Waals surface area contributed by atoms with Gasteiger partial charge < -0.3 is 28.8 Å². The van der Waals surface area contributed by atoms with Gasteiger partial charge in [0, 0.05) is 30.6 Å². The number of rotatable bonds is 5. The Morgan fingerprint density at radius 1 is 1.15 bits per heavy atom. The fourth-order valence-electron chi connectivity index (χ4n) is 5.33. The first-order valence-corrected chi connectivity index (χ1v) is 11.4. The molecule has 0 amide bonds. The number of likely N-dealkylation sites (tertiary alicyclic amines) is 1. The second kappa shape index (κ2) is 8.33. The van der Waals surface area contributed by atoms with Gasteiger partial charge >= 0.3 is 5.97 Å². The largest absolute Gasteiger partial charge is 0.504 e. The molecule has 3 aliphatic heterocycles. The van der Waals surface area contributed by atoms with Crippen LogP contribution in [0, 0.1) is 5.92 Å². The van der Waals surface area contributed by atoms with Crippen molar-refractivity contribution in [2.75, 3.05) is 33.6 Å². The standard InChI is InChI=1S/C25H29NO7/c1-4-30-24(28)23-22(15-7-8-18(29-3)17(27)11-15)16-12-20-21(32-14-31-20)13-19(16)33-25(23,2)26-9-5-6-10-26/h7-8,11-13,22-23,27H,4-6,9-10,14H2,1-3H3/t22-,23-,25+/m0/s1. The van der Waals surface area contributed by atoms with E-state index < -0.39 is 17.6 Å². The van der Waals surface area contributed by atoms with E-state index in [1.807, 2.05) is 25.1 Å². The van der Waals surface area contributed by atoms with Crippen molar-refractivity contribution in [2.24, 2.45) is 5.92 Å². The molecule has 0 saturated carbocycles. The van der Waals surface area contributed by atoms with Crippen molar-refractivity contribution < 1.29 is 33.6 Å². The Kier molecular flexibility index (Phi) is 5.48. The highest BCUT2D eigenvalue weighted by Gasteiger charge is 2.56. The maximum absolute atomic E-state index is 13.5. The highest BCUT2D eigenvalue weighted by molar-refractivity contribution is 5.78. The number of carbonyl (C=O) groups is 1. The van der Waals surface area contributed by atoms with E-state index in [0.717, 1.165) is 37.1 Å². The number of hydrogen-bond donors (Lipinski definition) is 1. The summed E-state index contributed by atoms with van der Waals surface area (Å²) in [4.78, 5) is 15.8. The summed E-state index contributed by atoms with van der Waals surface area (Å²) in [6, 6.07) is 8.95. The molecular formula is C25H29NO7. The van der Waals surface area contributed by atoms with Crippen LogP contribution in [0.1, 0.15) is 43.7 Å². The maximum Gasteiger partial charge on any atom is 0.315 e. The van der Waals surface area contributed by atoms with Crippen LogP contribution < -0.4 is 18.9 Å². The molecule has 3 atom stereocenters. The van der Waals surface area contributed by atoms with E-state index in [4.69, 9.17) is 23.7 Å². The van der Waals surface area contributed by atoms with Gasteiger partial charge in [-0.2, -0.15) is 0 Å². The Morgan fingerprint density at radius 2 is 1.88 bits per heavy atom. The summed E-state index contributed by atoms with van der Waals surface area (Å²) in [5.74, 6) is 0.780. The number of ether oxygens (including phenoxy) is 5. The van der Waals surface area contributed by atoms with Crippen LogP contribution in [-0.2, 0) is 9.53 Å². The van der Waals surface area contributed by atoms with E-state index in [2.05, 4.69) is 4.90 Å². The summed E-state index contributed by atoms with van der Waals surface area (Å²) in [5.41, 5.74) is 0.614. The highest BCUT2D eigenvalue weighted by atomic mass is 16.7. The monoisotopic (exact) mass is 455 g/mol. The molecule has 2 aromatic rings. The summed E-state index contributed by atoms with van der Waals surface area (Å²) >= 11 is 0. The van der Waals surface area contributed by atoms with Crippen molar-refractivity contribution in [3.8, 4) is 28.7 Å². The van der Waals surface area contributed by atoms with Crippen molar-refractivity contribution in [1.29, 1.82) is 0 Å². The number of esters is 1. The minimum atomic E-state index is -0.941. The third-order valence-electron chi connectivity index (χ3n) is 6.90. The fraction of sp³-hybridized carbons (Fsp3) is 0.480. The molecule has 8 heteroatoms. The molecular weight excluding hydrogens is 426 g/mol. The quantitative estimate of drug-likeness (QED) is 0.684. The van der Waals surface area contributed by atoms with E-state index in [-0.39, 0.29) is 25.1 Å². The van der Waals surface area contributed by atoms with E-state index in [1.165, 1.54) is 7.11 Å². The van der Waals surface area contributed by atoms with Gasteiger partial charge in [0.25, 0.3) is 0 Å². The molecule has 1 saturated heterocycles. The van der Waals surface area contributed by atoms with Crippen LogP contribution in [0.5, 0.6) is 28.7 Å². The van der Waals surface area contributed by atoms with Crippen LogP contribution in [0.4, 0.5) is 0 Å². The second-order valence-electron chi connectivity index (χ2n) is 8.73. The number of nitrogens with zero attached hydrogens (tertiary/aromatic N) is 1. The average Bonchev–Trinajstić information content (AvgIpc) is 3.49. The highest BCUT2D eigenvalue weighted by Crippen LogP contribution is 2.54. The number of methoxy groups -OCH3 is 1. The summed E-state index contributed by atoms with van der Waals surface area (Å²) < 4.78 is 28.7. The molecule has 3 aliphatic rings. The number of phenols is 1. The Morgan fingerprint density at radius 3 is 2.55 bits per heavy atom. The third-order valence-corrected chi connectivity index (χ3v) is 6.90. The van der Waals surface area contributed by atoms with Crippen LogP contribution in [0.15, 0.2) is 30.3 Å². The molecule has 0 spiro atoms. The Bertz CT molecular complexity index is 1060. The molecule has 0 radical (unpaired) electrons. The molecule has 0 bridgehead atoms. The normalized spacial score (nSPS) is 25.9. The molecule has 0 aliphatic carbocycles. The van der Waals surface area contributed by atoms with Crippen LogP contribution in [-0.4, -0.2) is 55.3 Å². The number of benzene rings is 2. The van der Waals surface area contributed by atoms with E-state index in [1.54, 1.807) is 19.1 Å². The molecule has 2 aromatic carbocycles. The third kappa shape index (κ3) is 3.53. The van der Waals surface area contributed by atoms with Gasteiger partial charge in [0.05, 0.1) is 13.7 Å². The zero-order chi connectivity index (χ0) is 23.2. The summed E-state index contributed by atoms with van der Waals surface area (Å²) in [6.07, 6.45) is 2.08. The van der Waals surface area contributed by atoms with Crippen LogP contribution >= 0.6 is 0 Å². The first-order valence-electron chi connectivity index (χ1n) is 11.4. The summed E-state index contributed by atoms with van der Waals surface area (Å²) in [5, 5.41) is 10.6. The summed E-state index contributed by atoms with van der Waals surface area (Å²) in [7, 11) is 1.50. The van der Waals surface area contributed by atoms with Gasteiger partial charge in [-0.25, -0.2) is 0 Å². The minimum absolute atomic E-state index is 0.00858. The Labute approximate surface area is 192 Å². The van der Waals surface area contributed by atoms with Gasteiger partial charge in [0.15, 0.2) is 28.7 Å². The maximum atomic E-state index is 13.5. The van der Waals surface area contributed by atoms with Crippen molar-refractivity contribution in [2.45, 2.75) is 38.3 Å². The van der Waals surface area contributed by atoms with Gasteiger partial charge in [0.2, 0.25) is 6.79 Å². The zero-order valence-electron chi connectivity index (χ0n) is 19.1. The molecule has 8 nitrogen and oxygen atoms in total. The predicted molar refractivity (Wildman–Crippen MR) is 119 cm³/mol. The lowest BCUT2D eigenvalue weighted by Gasteiger charge is -2.49. The van der Waals surface area contributed by atoms with Gasteiger partial charge in [-0.15, -0.1) is 0 Å². The Balaban J connectivity index is 1.72. The van der Waals surface area contributed by atoms with Crippen molar-refractivity contribution in [3.05, 3.63) is 41.5 Å². The van der Waals surface area contributed by atoms with E-state index in [9.17, 15) is 9.90 Å². The van der Waals surface area contributed by atoms with Gasteiger partial charge in [-0.1, -0.05) is 6.07 Å². The van der Waals surface area contributed by atoms with Gasteiger partial charge in [-0.05, 0) is 50.5 Å². The second-order valence-corrected chi connectivity index (χ2v) is 8.73. The number of fused-ring (bicyclic) bond motifs is 2. The lowest BCUT2D eigenvalue weighted by atomic mass is 9.72. The number of phenolic OH excluding ortho intramolecular Hbond substituents is 1. The predicted octanol–water partition coefficient (Wildman–Crippen LogP) is 3.65. The molecule has 1 N–H and O–H groups in total. The van der Waals surface area contributed by atoms with Crippen molar-refractivity contribution >= 4 is 5.97 Å². The number of carbonyl (C=O) groups excluding carboxylic acids is 1. The zero-order valence-corrected chi connectivity index (χ0v) is 19.1. The van der Waals surface area contributed by atoms with Crippen molar-refractivity contribution in [3.63, 3.8) is 0 Å². The molecule has 5 rings (SSSR count). The van der Waals surface area contributed by atoms with E-state index in [0.29, 0.717) is 23.0 Å². The lowest BCUT2D eigenvalue weighted by molar-refractivity contribution is -0.174. The molecule has 33 heavy (non-hydrogen) atoms. The number of aromatic hydroxyl groups is 1. The lowest BCUT2D eigenvalue weighted by Crippen LogP contribution is -2.61. The molecule has 3 heterocycles. The van der Waals surface area contributed by atoms with Gasteiger partial charge in [-0.3, -0.25) is 9.69 Å². The molecule has 0 aromatic heterocycles. The van der Waals surface area contributed by atoms with Crippen molar-refractivity contribution in [1.82, 2.24) is 4.90 Å². The first kappa shape index (κ1) is 21.7. The smallest absolute Gasteiger partial charge is 0.315 e. The SMILES string of the molecule is CCOC(=O)[C@@H]1[C@@H](c2ccc(OC)c(O)c2)c2cc3c(cc2O[C@@]1(C)N1CCCC1)OCO3. The summed E-state index contributed by atoms with van der Waals surface area (Å²) in [6.45, 7) is 5.81. The number of hydrogen-bond acceptors (Lipinski definition) is 8. The molecule has 0 unspecified atom stereocenters. The molecule has 176 valence electrons. The Hall–Kier alpha value is -3.13. The first-order chi connectivity index (χ1) is 16.0. The molecule has 1 fully saturated rings. The average molecular weight is 456 g/mol. The van der Waals surface area contributed by atoms with Crippen LogP contribution in [0.3, 0.4) is 0 Å². The van der Waals surface area contributed by atoms with Crippen LogP contribution in [0.2, 0.25) is 0 Å². The van der Waals surface area contributed by atoms with Gasteiger partial charge in [0.1, 0.15) is 11.7 Å². The van der Waals surface area contributed by atoms with E-state index >= 15 is 0 Å². The van der Waals surface area contributed by atoms with Crippen LogP contribution in [0.25, 0.3) is 0 Å². The fourth-order valence-corrected chi connectivity index (χ4v) is 5.33.